The number of nitrogen functional groups attached to an aromatic ring is 1. The smallest absolute Gasteiger partial charge is 0.227 e. The van der Waals surface area contributed by atoms with Crippen LogP contribution in [0.15, 0.2) is 54.7 Å². The molecule has 1 heterocycles. The molecule has 0 saturated carbocycles. The Kier molecular flexibility index (Phi) is 3.94. The molecule has 0 radical (unpaired) electrons. The standard InChI is InChI=1S/C17H15ClN4/c1-11-5-6-16(14(19)9-11)22-17-20-8-7-15(21-17)12-3-2-4-13(18)10-12/h2-10H,19H2,1H3,(H,20,21,22). The number of nitrogens with two attached hydrogens (primary N) is 1. The van der Waals surface area contributed by atoms with E-state index in [0.29, 0.717) is 16.7 Å². The summed E-state index contributed by atoms with van der Waals surface area (Å²) in [5.74, 6) is 0.494. The molecule has 3 aromatic rings. The number of benzene rings is 2. The van der Waals surface area contributed by atoms with Gasteiger partial charge < -0.3 is 11.1 Å². The molecule has 0 atom stereocenters. The molecule has 3 rings (SSSR count). The van der Waals surface area contributed by atoms with Crippen LogP contribution in [0.1, 0.15) is 5.56 Å². The molecule has 0 aliphatic rings. The van der Waals surface area contributed by atoms with Crippen LogP contribution >= 0.6 is 11.6 Å². The van der Waals surface area contributed by atoms with Gasteiger partial charge >= 0.3 is 0 Å². The minimum atomic E-state index is 0.494. The number of hydrogen-bond donors (Lipinski definition) is 2. The average Bonchev–Trinajstić information content (AvgIpc) is 2.50. The van der Waals surface area contributed by atoms with Crippen LogP contribution in [0.5, 0.6) is 0 Å². The molecule has 2 aromatic carbocycles. The highest BCUT2D eigenvalue weighted by Crippen LogP contribution is 2.25. The van der Waals surface area contributed by atoms with Gasteiger partial charge in [0.1, 0.15) is 0 Å². The molecule has 0 saturated heterocycles. The van der Waals surface area contributed by atoms with Crippen molar-refractivity contribution in [3.8, 4) is 11.3 Å². The number of anilines is 3. The van der Waals surface area contributed by atoms with Gasteiger partial charge in [-0.15, -0.1) is 0 Å². The molecular weight excluding hydrogens is 296 g/mol. The zero-order valence-electron chi connectivity index (χ0n) is 12.0. The van der Waals surface area contributed by atoms with Gasteiger partial charge in [0.05, 0.1) is 17.1 Å². The Labute approximate surface area is 134 Å². The molecule has 5 heteroatoms. The number of aromatic nitrogens is 2. The first-order chi connectivity index (χ1) is 10.6. The molecule has 0 bridgehead atoms. The molecule has 0 spiro atoms. The Balaban J connectivity index is 1.91. The Morgan fingerprint density at radius 1 is 1.09 bits per heavy atom. The predicted octanol–water partition coefficient (Wildman–Crippen LogP) is 4.43. The minimum Gasteiger partial charge on any atom is -0.397 e. The van der Waals surface area contributed by atoms with Gasteiger partial charge in [-0.05, 0) is 42.8 Å². The molecule has 0 unspecified atom stereocenters. The Morgan fingerprint density at radius 2 is 1.95 bits per heavy atom. The molecular formula is C17H15ClN4. The van der Waals surface area contributed by atoms with Gasteiger partial charge in [0, 0.05) is 16.8 Å². The van der Waals surface area contributed by atoms with Crippen molar-refractivity contribution in [2.75, 3.05) is 11.1 Å². The lowest BCUT2D eigenvalue weighted by atomic mass is 10.1. The third kappa shape index (κ3) is 3.18. The summed E-state index contributed by atoms with van der Waals surface area (Å²) in [4.78, 5) is 8.74. The van der Waals surface area contributed by atoms with E-state index >= 15 is 0 Å². The van der Waals surface area contributed by atoms with E-state index in [1.165, 1.54) is 0 Å². The van der Waals surface area contributed by atoms with Gasteiger partial charge in [-0.25, -0.2) is 9.97 Å². The van der Waals surface area contributed by atoms with E-state index in [0.717, 1.165) is 22.5 Å². The van der Waals surface area contributed by atoms with Gasteiger partial charge in [-0.3, -0.25) is 0 Å². The summed E-state index contributed by atoms with van der Waals surface area (Å²) < 4.78 is 0. The monoisotopic (exact) mass is 310 g/mol. The average molecular weight is 311 g/mol. The molecule has 22 heavy (non-hydrogen) atoms. The van der Waals surface area contributed by atoms with Crippen molar-refractivity contribution in [2.45, 2.75) is 6.92 Å². The summed E-state index contributed by atoms with van der Waals surface area (Å²) in [5, 5.41) is 3.82. The summed E-state index contributed by atoms with van der Waals surface area (Å²) in [6, 6.07) is 15.2. The Morgan fingerprint density at radius 3 is 2.73 bits per heavy atom. The lowest BCUT2D eigenvalue weighted by Crippen LogP contribution is -2.01. The number of halogens is 1. The van der Waals surface area contributed by atoms with Crippen LogP contribution in [0.2, 0.25) is 5.02 Å². The second kappa shape index (κ2) is 6.03. The minimum absolute atomic E-state index is 0.494. The predicted molar refractivity (Wildman–Crippen MR) is 91.4 cm³/mol. The van der Waals surface area contributed by atoms with E-state index in [1.807, 2.05) is 55.5 Å². The van der Waals surface area contributed by atoms with Crippen molar-refractivity contribution in [2.24, 2.45) is 0 Å². The highest BCUT2D eigenvalue weighted by atomic mass is 35.5. The maximum absolute atomic E-state index is 6.02. The topological polar surface area (TPSA) is 63.8 Å². The maximum Gasteiger partial charge on any atom is 0.227 e. The van der Waals surface area contributed by atoms with Crippen molar-refractivity contribution in [1.82, 2.24) is 9.97 Å². The molecule has 3 N–H and O–H groups in total. The molecule has 0 fully saturated rings. The van der Waals surface area contributed by atoms with Gasteiger partial charge in [-0.2, -0.15) is 0 Å². The molecule has 0 aliphatic carbocycles. The number of rotatable bonds is 3. The fourth-order valence-electron chi connectivity index (χ4n) is 2.14. The van der Waals surface area contributed by atoms with Crippen molar-refractivity contribution >= 4 is 28.9 Å². The van der Waals surface area contributed by atoms with Crippen molar-refractivity contribution in [1.29, 1.82) is 0 Å². The first-order valence-electron chi connectivity index (χ1n) is 6.84. The van der Waals surface area contributed by atoms with E-state index in [-0.39, 0.29) is 0 Å². The number of hydrogen-bond acceptors (Lipinski definition) is 4. The van der Waals surface area contributed by atoms with Gasteiger partial charge in [-0.1, -0.05) is 29.8 Å². The third-order valence-corrected chi connectivity index (χ3v) is 3.46. The quantitative estimate of drug-likeness (QED) is 0.702. The lowest BCUT2D eigenvalue weighted by molar-refractivity contribution is 1.17. The summed E-state index contributed by atoms with van der Waals surface area (Å²) in [5.41, 5.74) is 10.3. The summed E-state index contributed by atoms with van der Waals surface area (Å²) in [6.07, 6.45) is 1.70. The number of aryl methyl sites for hydroxylation is 1. The van der Waals surface area contributed by atoms with Gasteiger partial charge in [0.2, 0.25) is 5.95 Å². The van der Waals surface area contributed by atoms with Crippen molar-refractivity contribution in [3.05, 3.63) is 65.3 Å². The van der Waals surface area contributed by atoms with Gasteiger partial charge in [0.25, 0.3) is 0 Å². The van der Waals surface area contributed by atoms with Crippen molar-refractivity contribution in [3.63, 3.8) is 0 Å². The van der Waals surface area contributed by atoms with E-state index in [1.54, 1.807) is 6.20 Å². The summed E-state index contributed by atoms with van der Waals surface area (Å²) in [6.45, 7) is 2.00. The van der Waals surface area contributed by atoms with Crippen LogP contribution in [-0.4, -0.2) is 9.97 Å². The Hall–Kier alpha value is -2.59. The normalized spacial score (nSPS) is 10.5. The second-order valence-corrected chi connectivity index (χ2v) is 5.43. The molecule has 110 valence electrons. The van der Waals surface area contributed by atoms with Crippen LogP contribution in [0.4, 0.5) is 17.3 Å². The van der Waals surface area contributed by atoms with E-state index in [9.17, 15) is 0 Å². The first kappa shape index (κ1) is 14.4. The molecule has 0 amide bonds. The largest absolute Gasteiger partial charge is 0.397 e. The molecule has 1 aromatic heterocycles. The van der Waals surface area contributed by atoms with E-state index in [2.05, 4.69) is 15.3 Å². The van der Waals surface area contributed by atoms with E-state index in [4.69, 9.17) is 17.3 Å². The highest BCUT2D eigenvalue weighted by molar-refractivity contribution is 6.30. The van der Waals surface area contributed by atoms with Crippen LogP contribution < -0.4 is 11.1 Å². The van der Waals surface area contributed by atoms with Crippen LogP contribution in [0.25, 0.3) is 11.3 Å². The number of nitrogens with one attached hydrogen (secondary N) is 1. The van der Waals surface area contributed by atoms with Crippen LogP contribution in [0.3, 0.4) is 0 Å². The zero-order chi connectivity index (χ0) is 15.5. The number of nitrogens with zero attached hydrogens (tertiary/aromatic N) is 2. The third-order valence-electron chi connectivity index (χ3n) is 3.23. The van der Waals surface area contributed by atoms with Crippen LogP contribution in [0, 0.1) is 6.92 Å². The lowest BCUT2D eigenvalue weighted by Gasteiger charge is -2.09. The zero-order valence-corrected chi connectivity index (χ0v) is 12.8. The second-order valence-electron chi connectivity index (χ2n) is 4.99. The van der Waals surface area contributed by atoms with Crippen LogP contribution in [-0.2, 0) is 0 Å². The first-order valence-corrected chi connectivity index (χ1v) is 7.22. The SMILES string of the molecule is Cc1ccc(Nc2nccc(-c3cccc(Cl)c3)n2)c(N)c1. The highest BCUT2D eigenvalue weighted by Gasteiger charge is 2.05. The molecule has 4 nitrogen and oxygen atoms in total. The Bertz CT molecular complexity index is 817. The fraction of sp³-hybridized carbons (Fsp3) is 0.0588. The van der Waals surface area contributed by atoms with Gasteiger partial charge in [0.15, 0.2) is 0 Å². The maximum atomic E-state index is 6.02. The fourth-order valence-corrected chi connectivity index (χ4v) is 2.33. The summed E-state index contributed by atoms with van der Waals surface area (Å²) in [7, 11) is 0. The van der Waals surface area contributed by atoms with E-state index < -0.39 is 0 Å². The molecule has 0 aliphatic heterocycles. The van der Waals surface area contributed by atoms with Crippen molar-refractivity contribution < 1.29 is 0 Å². The summed E-state index contributed by atoms with van der Waals surface area (Å²) >= 11 is 6.02.